The van der Waals surface area contributed by atoms with E-state index in [1.54, 1.807) is 0 Å². The van der Waals surface area contributed by atoms with Crippen molar-refractivity contribution < 1.29 is 9.16 Å². The molecule has 1 aliphatic rings. The van der Waals surface area contributed by atoms with E-state index in [4.69, 9.17) is 9.16 Å². The first-order chi connectivity index (χ1) is 9.65. The second kappa shape index (κ2) is 8.46. The summed E-state index contributed by atoms with van der Waals surface area (Å²) in [5.41, 5.74) is 0. The van der Waals surface area contributed by atoms with Gasteiger partial charge in [-0.05, 0) is 43.3 Å². The van der Waals surface area contributed by atoms with Crippen LogP contribution < -0.4 is 0 Å². The molecule has 4 heteroatoms. The van der Waals surface area contributed by atoms with Crippen molar-refractivity contribution in [1.29, 1.82) is 0 Å². The molecule has 1 rings (SSSR count). The van der Waals surface area contributed by atoms with Crippen LogP contribution in [0.3, 0.4) is 0 Å². The monoisotopic (exact) mass is 424 g/mol. The number of rotatable bonds is 7. The van der Waals surface area contributed by atoms with Gasteiger partial charge < -0.3 is 9.16 Å². The van der Waals surface area contributed by atoms with Gasteiger partial charge in [-0.2, -0.15) is 0 Å². The van der Waals surface area contributed by atoms with Gasteiger partial charge in [0, 0.05) is 11.0 Å². The van der Waals surface area contributed by atoms with Crippen molar-refractivity contribution >= 4 is 30.9 Å². The highest BCUT2D eigenvalue weighted by atomic mass is 127. The number of halogens is 1. The smallest absolute Gasteiger partial charge is 0.191 e. The average Bonchev–Trinajstić information content (AvgIpc) is 2.37. The van der Waals surface area contributed by atoms with Gasteiger partial charge in [0.1, 0.15) is 0 Å². The van der Waals surface area contributed by atoms with E-state index in [2.05, 4.69) is 75.5 Å². The zero-order valence-corrected chi connectivity index (χ0v) is 17.8. The topological polar surface area (TPSA) is 18.5 Å². The summed E-state index contributed by atoms with van der Waals surface area (Å²) in [5, 5.41) is 0.286. The molecular formula is C17H33IO2Si. The zero-order valence-electron chi connectivity index (χ0n) is 14.6. The summed E-state index contributed by atoms with van der Waals surface area (Å²) in [6.45, 7) is 14.6. The van der Waals surface area contributed by atoms with Gasteiger partial charge in [-0.3, -0.25) is 0 Å². The van der Waals surface area contributed by atoms with E-state index >= 15 is 0 Å². The molecule has 21 heavy (non-hydrogen) atoms. The molecule has 1 aliphatic heterocycles. The van der Waals surface area contributed by atoms with Crippen molar-refractivity contribution in [1.82, 2.24) is 0 Å². The van der Waals surface area contributed by atoms with Crippen LogP contribution in [0.4, 0.5) is 0 Å². The third-order valence-corrected chi connectivity index (χ3v) is 10.8. The van der Waals surface area contributed by atoms with Gasteiger partial charge in [0.2, 0.25) is 0 Å². The first kappa shape index (κ1) is 19.7. The quantitative estimate of drug-likeness (QED) is 0.230. The van der Waals surface area contributed by atoms with E-state index in [1.165, 1.54) is 10.8 Å². The summed E-state index contributed by atoms with van der Waals surface area (Å²) in [4.78, 5) is 0. The molecular weight excluding hydrogens is 391 g/mol. The summed E-state index contributed by atoms with van der Waals surface area (Å²) in [6, 6.07) is 0. The van der Waals surface area contributed by atoms with Crippen molar-refractivity contribution in [2.24, 2.45) is 5.92 Å². The van der Waals surface area contributed by atoms with E-state index in [1.807, 2.05) is 0 Å². The molecule has 3 atom stereocenters. The van der Waals surface area contributed by atoms with Crippen LogP contribution in [0.25, 0.3) is 0 Å². The molecule has 0 amide bonds. The molecule has 0 aromatic rings. The number of ether oxygens (including phenoxy) is 1. The molecule has 0 saturated heterocycles. The predicted molar refractivity (Wildman–Crippen MR) is 103 cm³/mol. The molecule has 0 unspecified atom stereocenters. The zero-order chi connectivity index (χ0) is 16.1. The van der Waals surface area contributed by atoms with Crippen molar-refractivity contribution in [3.05, 3.63) is 12.2 Å². The van der Waals surface area contributed by atoms with E-state index in [-0.39, 0.29) is 11.1 Å². The SMILES string of the molecule is C[C@H](CI)C[C@@H]1CC=C[C@@H](CCO[Si](C)(C)C(C)(C)C)O1. The Kier molecular flexibility index (Phi) is 7.91. The Labute approximate surface area is 146 Å². The van der Waals surface area contributed by atoms with Crippen molar-refractivity contribution in [2.75, 3.05) is 11.0 Å². The van der Waals surface area contributed by atoms with Crippen LogP contribution in [-0.4, -0.2) is 31.6 Å². The van der Waals surface area contributed by atoms with Gasteiger partial charge >= 0.3 is 0 Å². The molecule has 0 aromatic carbocycles. The molecule has 124 valence electrons. The van der Waals surface area contributed by atoms with Gasteiger partial charge in [-0.1, -0.05) is 62.4 Å². The first-order valence-electron chi connectivity index (χ1n) is 8.17. The van der Waals surface area contributed by atoms with E-state index in [0.29, 0.717) is 6.10 Å². The molecule has 0 spiro atoms. The predicted octanol–water partition coefficient (Wildman–Crippen LogP) is 5.57. The third kappa shape index (κ3) is 6.71. The number of alkyl halides is 1. The lowest BCUT2D eigenvalue weighted by atomic mass is 10.0. The lowest BCUT2D eigenvalue weighted by molar-refractivity contribution is -0.0133. The highest BCUT2D eigenvalue weighted by Gasteiger charge is 2.37. The fourth-order valence-electron chi connectivity index (χ4n) is 2.20. The van der Waals surface area contributed by atoms with Gasteiger partial charge in [-0.15, -0.1) is 0 Å². The molecule has 2 nitrogen and oxygen atoms in total. The van der Waals surface area contributed by atoms with Crippen molar-refractivity contribution in [3.63, 3.8) is 0 Å². The number of hydrogen-bond donors (Lipinski definition) is 0. The summed E-state index contributed by atoms with van der Waals surface area (Å²) in [6.07, 6.45) is 8.39. The molecule has 0 N–H and O–H groups in total. The highest BCUT2D eigenvalue weighted by molar-refractivity contribution is 14.1. The third-order valence-electron chi connectivity index (χ3n) is 4.72. The molecule has 0 aromatic heterocycles. The molecule has 0 bridgehead atoms. The van der Waals surface area contributed by atoms with Gasteiger partial charge in [0.25, 0.3) is 0 Å². The second-order valence-corrected chi connectivity index (χ2v) is 13.5. The Morgan fingerprint density at radius 1 is 1.38 bits per heavy atom. The van der Waals surface area contributed by atoms with Gasteiger partial charge in [-0.25, -0.2) is 0 Å². The van der Waals surface area contributed by atoms with Crippen LogP contribution in [0, 0.1) is 5.92 Å². The number of hydrogen-bond acceptors (Lipinski definition) is 2. The molecule has 0 fully saturated rings. The fraction of sp³-hybridized carbons (Fsp3) is 0.882. The lowest BCUT2D eigenvalue weighted by Crippen LogP contribution is -2.41. The Morgan fingerprint density at radius 2 is 2.05 bits per heavy atom. The minimum absolute atomic E-state index is 0.245. The van der Waals surface area contributed by atoms with Crippen LogP contribution in [0.2, 0.25) is 18.1 Å². The van der Waals surface area contributed by atoms with Crippen LogP contribution >= 0.6 is 22.6 Å². The van der Waals surface area contributed by atoms with E-state index in [0.717, 1.165) is 25.4 Å². The molecule has 0 aliphatic carbocycles. The normalized spacial score (nSPS) is 25.1. The summed E-state index contributed by atoms with van der Waals surface area (Å²) in [7, 11) is -1.62. The van der Waals surface area contributed by atoms with Crippen molar-refractivity contribution in [2.45, 2.75) is 77.3 Å². The summed E-state index contributed by atoms with van der Waals surface area (Å²) in [5.74, 6) is 0.742. The molecule has 0 saturated carbocycles. The van der Waals surface area contributed by atoms with Crippen LogP contribution in [0.15, 0.2) is 12.2 Å². The van der Waals surface area contributed by atoms with Gasteiger partial charge in [0.15, 0.2) is 8.32 Å². The van der Waals surface area contributed by atoms with Crippen molar-refractivity contribution in [3.8, 4) is 0 Å². The molecule has 1 heterocycles. The molecule has 0 radical (unpaired) electrons. The maximum absolute atomic E-state index is 6.26. The Morgan fingerprint density at radius 3 is 2.62 bits per heavy atom. The Hall–Kier alpha value is 0.607. The second-order valence-electron chi connectivity index (χ2n) is 7.85. The van der Waals surface area contributed by atoms with Gasteiger partial charge in [0.05, 0.1) is 12.2 Å². The minimum Gasteiger partial charge on any atom is -0.417 e. The van der Waals surface area contributed by atoms with Crippen LogP contribution in [-0.2, 0) is 9.16 Å². The first-order valence-corrected chi connectivity index (χ1v) is 12.6. The van der Waals surface area contributed by atoms with Crippen LogP contribution in [0.5, 0.6) is 0 Å². The highest BCUT2D eigenvalue weighted by Crippen LogP contribution is 2.36. The average molecular weight is 424 g/mol. The maximum atomic E-state index is 6.26. The largest absolute Gasteiger partial charge is 0.417 e. The van der Waals surface area contributed by atoms with E-state index in [9.17, 15) is 0 Å². The lowest BCUT2D eigenvalue weighted by Gasteiger charge is -2.36. The van der Waals surface area contributed by atoms with E-state index < -0.39 is 8.32 Å². The maximum Gasteiger partial charge on any atom is 0.191 e. The minimum atomic E-state index is -1.62. The Balaban J connectivity index is 2.36. The Bertz CT molecular complexity index is 336. The fourth-order valence-corrected chi connectivity index (χ4v) is 3.63. The standard InChI is InChI=1S/C17H33IO2Si/c1-14(13-18)12-16-9-7-8-15(20-16)10-11-19-21(5,6)17(2,3)4/h7-8,14-16H,9-13H2,1-6H3/t14-,15-,16-/m0/s1. The summed E-state index contributed by atoms with van der Waals surface area (Å²) >= 11 is 2.46. The van der Waals surface area contributed by atoms with Crippen LogP contribution in [0.1, 0.15) is 47.0 Å². The summed E-state index contributed by atoms with van der Waals surface area (Å²) < 4.78 is 13.7.